The van der Waals surface area contributed by atoms with Gasteiger partial charge >= 0.3 is 0 Å². The van der Waals surface area contributed by atoms with Crippen molar-refractivity contribution >= 4 is 38.3 Å². The minimum Gasteiger partial charge on any atom is -0.489 e. The molecule has 0 fully saturated rings. The quantitative estimate of drug-likeness (QED) is 0.249. The number of carbonyl (C=O) groups excluding carboxylic acids is 1. The van der Waals surface area contributed by atoms with Crippen LogP contribution in [0.2, 0.25) is 0 Å². The number of aromatic nitrogens is 3. The first-order valence-corrected chi connectivity index (χ1v) is 14.3. The van der Waals surface area contributed by atoms with Gasteiger partial charge in [0.05, 0.1) is 5.52 Å². The first kappa shape index (κ1) is 27.6. The number of ether oxygens (including phenoxy) is 2. The van der Waals surface area contributed by atoms with Gasteiger partial charge in [-0.3, -0.25) is 4.79 Å². The summed E-state index contributed by atoms with van der Waals surface area (Å²) in [5.41, 5.74) is 4.17. The van der Waals surface area contributed by atoms with Crippen molar-refractivity contribution < 1.29 is 22.7 Å². The van der Waals surface area contributed by atoms with Gasteiger partial charge in [0.25, 0.3) is 0 Å². The molecule has 204 valence electrons. The smallest absolute Gasteiger partial charge is 0.235 e. The molecular formula is C28H31N5O5S. The van der Waals surface area contributed by atoms with Gasteiger partial charge in [-0.1, -0.05) is 12.6 Å². The zero-order valence-corrected chi connectivity index (χ0v) is 22.9. The Kier molecular flexibility index (Phi) is 8.50. The predicted octanol–water partition coefficient (Wildman–Crippen LogP) is 4.39. The van der Waals surface area contributed by atoms with Gasteiger partial charge in [-0.2, -0.15) is 0 Å². The van der Waals surface area contributed by atoms with Crippen molar-refractivity contribution in [1.29, 1.82) is 0 Å². The summed E-state index contributed by atoms with van der Waals surface area (Å²) in [7, 11) is -3.38. The highest BCUT2D eigenvalue weighted by molar-refractivity contribution is 7.91. The average molecular weight is 550 g/mol. The zero-order valence-electron chi connectivity index (χ0n) is 22.1. The molecule has 0 saturated carbocycles. The van der Waals surface area contributed by atoms with Crippen molar-refractivity contribution in [2.45, 2.75) is 20.4 Å². The number of rotatable bonds is 12. The Balaban J connectivity index is 1.45. The molecule has 2 aromatic heterocycles. The van der Waals surface area contributed by atoms with Gasteiger partial charge in [-0.05, 0) is 61.4 Å². The Bertz CT molecular complexity index is 1610. The maximum Gasteiger partial charge on any atom is 0.235 e. The summed E-state index contributed by atoms with van der Waals surface area (Å²) >= 11 is 0. The molecule has 1 amide bonds. The van der Waals surface area contributed by atoms with E-state index in [0.717, 1.165) is 34.1 Å². The van der Waals surface area contributed by atoms with E-state index in [4.69, 9.17) is 9.47 Å². The number of amides is 1. The summed E-state index contributed by atoms with van der Waals surface area (Å²) in [5, 5.41) is 5.98. The number of carbonyl (C=O) groups is 1. The number of benzene rings is 2. The van der Waals surface area contributed by atoms with Crippen molar-refractivity contribution in [2.24, 2.45) is 0 Å². The molecule has 2 N–H and O–H groups in total. The molecule has 0 bridgehead atoms. The number of nitrogens with one attached hydrogen (secondary N) is 2. The predicted molar refractivity (Wildman–Crippen MR) is 152 cm³/mol. The molecule has 0 aliphatic carbocycles. The Hall–Kier alpha value is -4.38. The Morgan fingerprint density at radius 2 is 1.90 bits per heavy atom. The van der Waals surface area contributed by atoms with E-state index in [2.05, 4.69) is 27.2 Å². The van der Waals surface area contributed by atoms with Crippen molar-refractivity contribution in [1.82, 2.24) is 19.9 Å². The van der Waals surface area contributed by atoms with E-state index in [1.165, 1.54) is 6.33 Å². The molecule has 11 heteroatoms. The van der Waals surface area contributed by atoms with Gasteiger partial charge in [0.1, 0.15) is 41.5 Å². The number of nitrogens with zero attached hydrogens (tertiary/aromatic N) is 3. The van der Waals surface area contributed by atoms with Crippen LogP contribution in [-0.4, -0.2) is 54.0 Å². The molecule has 0 aliphatic rings. The van der Waals surface area contributed by atoms with Crippen molar-refractivity contribution in [2.75, 3.05) is 30.5 Å². The van der Waals surface area contributed by atoms with Gasteiger partial charge in [0.2, 0.25) is 5.91 Å². The van der Waals surface area contributed by atoms with Crippen LogP contribution in [0.3, 0.4) is 0 Å². The van der Waals surface area contributed by atoms with E-state index in [0.29, 0.717) is 36.2 Å². The molecule has 0 saturated heterocycles. The van der Waals surface area contributed by atoms with Crippen LogP contribution in [0.15, 0.2) is 73.2 Å². The van der Waals surface area contributed by atoms with Gasteiger partial charge in [0.15, 0.2) is 15.7 Å². The molecule has 0 unspecified atom stereocenters. The summed E-state index contributed by atoms with van der Waals surface area (Å²) in [4.78, 5) is 20.6. The van der Waals surface area contributed by atoms with Crippen molar-refractivity contribution in [3.05, 3.63) is 78.8 Å². The van der Waals surface area contributed by atoms with Gasteiger partial charge < -0.3 is 24.7 Å². The Morgan fingerprint density at radius 3 is 2.64 bits per heavy atom. The minimum absolute atomic E-state index is 0.261. The highest BCUT2D eigenvalue weighted by atomic mass is 32.2. The lowest BCUT2D eigenvalue weighted by Crippen LogP contribution is -2.32. The zero-order chi connectivity index (χ0) is 28.0. The number of fused-ring (bicyclic) bond motifs is 1. The number of hydrogen-bond acceptors (Lipinski definition) is 8. The van der Waals surface area contributed by atoms with Gasteiger partial charge in [-0.15, -0.1) is 0 Å². The van der Waals surface area contributed by atoms with Crippen LogP contribution in [0.4, 0.5) is 11.5 Å². The van der Waals surface area contributed by atoms with E-state index in [1.807, 2.05) is 73.1 Å². The summed E-state index contributed by atoms with van der Waals surface area (Å²) in [6, 6.07) is 15.1. The second kappa shape index (κ2) is 12.0. The topological polar surface area (TPSA) is 124 Å². The third-order valence-corrected chi connectivity index (χ3v) is 6.36. The molecule has 39 heavy (non-hydrogen) atoms. The number of anilines is 2. The first-order chi connectivity index (χ1) is 18.6. The molecule has 0 spiro atoms. The van der Waals surface area contributed by atoms with Crippen LogP contribution < -0.4 is 20.1 Å². The lowest BCUT2D eigenvalue weighted by molar-refractivity contribution is -0.118. The van der Waals surface area contributed by atoms with Gasteiger partial charge in [0, 0.05) is 37.3 Å². The van der Waals surface area contributed by atoms with Crippen LogP contribution in [0, 0.1) is 6.92 Å². The molecule has 4 rings (SSSR count). The fraction of sp³-hybridized carbons (Fsp3) is 0.250. The molecule has 0 radical (unpaired) electrons. The van der Waals surface area contributed by atoms with Crippen LogP contribution in [-0.2, 0) is 21.2 Å². The second-order valence-corrected chi connectivity index (χ2v) is 11.5. The lowest BCUT2D eigenvalue weighted by atomic mass is 10.2. The molecule has 4 aromatic rings. The number of sulfone groups is 1. The number of hydrogen-bond donors (Lipinski definition) is 2. The fourth-order valence-corrected chi connectivity index (χ4v) is 4.43. The summed E-state index contributed by atoms with van der Waals surface area (Å²) in [5.74, 6) is 1.60. The molecule has 10 nitrogen and oxygen atoms in total. The SMILES string of the molecule is C=C(C)COc1cccc(Oc2ccc(Nc3ncnc4ccn(CCNC(=O)CS(C)(=O)=O)c34)cc2C)c1. The number of aryl methyl sites for hydroxylation is 1. The van der Waals surface area contributed by atoms with Crippen LogP contribution in [0.25, 0.3) is 11.0 Å². The van der Waals surface area contributed by atoms with Crippen LogP contribution in [0.5, 0.6) is 17.2 Å². The molecule has 2 heterocycles. The van der Waals surface area contributed by atoms with E-state index in [-0.39, 0.29) is 6.54 Å². The highest BCUT2D eigenvalue weighted by Gasteiger charge is 2.13. The fourth-order valence-electron chi connectivity index (χ4n) is 3.85. The normalized spacial score (nSPS) is 11.3. The van der Waals surface area contributed by atoms with E-state index >= 15 is 0 Å². The standard InChI is InChI=1S/C28H31N5O5S/c1-19(2)16-37-22-6-5-7-23(15-22)38-25-9-8-21(14-20(25)3)32-28-27-24(30-18-31-28)10-12-33(27)13-11-29-26(34)17-39(4,35)36/h5-10,12,14-15,18H,1,11,13,16-17H2,2-4H3,(H,29,34)(H,30,31,32). The Morgan fingerprint density at radius 1 is 1.10 bits per heavy atom. The van der Waals surface area contributed by atoms with E-state index in [1.54, 1.807) is 0 Å². The Labute approximate surface area is 227 Å². The summed E-state index contributed by atoms with van der Waals surface area (Å²) in [6.45, 7) is 8.85. The van der Waals surface area contributed by atoms with Crippen molar-refractivity contribution in [3.8, 4) is 17.2 Å². The average Bonchev–Trinajstić information content (AvgIpc) is 3.28. The largest absolute Gasteiger partial charge is 0.489 e. The molecule has 0 aliphatic heterocycles. The molecule has 2 aromatic carbocycles. The first-order valence-electron chi connectivity index (χ1n) is 12.2. The van der Waals surface area contributed by atoms with Crippen molar-refractivity contribution in [3.63, 3.8) is 0 Å². The highest BCUT2D eigenvalue weighted by Crippen LogP contribution is 2.31. The monoisotopic (exact) mass is 549 g/mol. The van der Waals surface area contributed by atoms with E-state index < -0.39 is 21.5 Å². The van der Waals surface area contributed by atoms with Gasteiger partial charge in [-0.25, -0.2) is 18.4 Å². The summed E-state index contributed by atoms with van der Waals surface area (Å²) in [6.07, 6.45) is 4.36. The minimum atomic E-state index is -3.38. The maximum absolute atomic E-state index is 11.8. The lowest BCUT2D eigenvalue weighted by Gasteiger charge is -2.14. The van der Waals surface area contributed by atoms with Crippen LogP contribution >= 0.6 is 0 Å². The third kappa shape index (κ3) is 7.81. The summed E-state index contributed by atoms with van der Waals surface area (Å²) < 4.78 is 36.3. The second-order valence-electron chi connectivity index (χ2n) is 9.31. The van der Waals surface area contributed by atoms with E-state index in [9.17, 15) is 13.2 Å². The van der Waals surface area contributed by atoms with Crippen LogP contribution in [0.1, 0.15) is 12.5 Å². The third-order valence-electron chi connectivity index (χ3n) is 5.57. The molecular weight excluding hydrogens is 518 g/mol. The molecule has 0 atom stereocenters. The maximum atomic E-state index is 11.8.